The maximum atomic E-state index is 6.36. The summed E-state index contributed by atoms with van der Waals surface area (Å²) in [6.45, 7) is 0. The molecular weight excluding hydrogens is 284 g/mol. The minimum absolute atomic E-state index is 0.0496. The van der Waals surface area contributed by atoms with Crippen LogP contribution in [0.15, 0.2) is 72.3 Å². The molecule has 2 heteroatoms. The van der Waals surface area contributed by atoms with Gasteiger partial charge in [0, 0.05) is 0 Å². The van der Waals surface area contributed by atoms with E-state index >= 15 is 0 Å². The van der Waals surface area contributed by atoms with Crippen molar-refractivity contribution in [2.75, 3.05) is 0 Å². The zero-order valence-corrected chi connectivity index (χ0v) is 13.2. The molecule has 1 heterocycles. The molecule has 0 aromatic heterocycles. The Bertz CT molecular complexity index is 615. The van der Waals surface area contributed by atoms with Crippen LogP contribution in [0.25, 0.3) is 0 Å². The summed E-state index contributed by atoms with van der Waals surface area (Å²) in [7, 11) is 0. The Morgan fingerprint density at radius 1 is 0.696 bits per heavy atom. The molecule has 4 rings (SSSR count). The van der Waals surface area contributed by atoms with Crippen LogP contribution in [0.5, 0.6) is 0 Å². The summed E-state index contributed by atoms with van der Waals surface area (Å²) < 4.78 is 12.7. The Morgan fingerprint density at radius 2 is 1.26 bits per heavy atom. The summed E-state index contributed by atoms with van der Waals surface area (Å²) >= 11 is 0. The highest BCUT2D eigenvalue weighted by Crippen LogP contribution is 2.45. The van der Waals surface area contributed by atoms with Gasteiger partial charge in [0.1, 0.15) is 12.2 Å². The molecule has 2 atom stereocenters. The van der Waals surface area contributed by atoms with Gasteiger partial charge >= 0.3 is 0 Å². The van der Waals surface area contributed by atoms with Crippen molar-refractivity contribution in [3.8, 4) is 0 Å². The Morgan fingerprint density at radius 3 is 1.74 bits per heavy atom. The molecule has 0 bridgehead atoms. The van der Waals surface area contributed by atoms with E-state index in [9.17, 15) is 0 Å². The summed E-state index contributed by atoms with van der Waals surface area (Å²) in [5.74, 6) is 0. The third-order valence-electron chi connectivity index (χ3n) is 4.70. The maximum Gasteiger partial charge on any atom is 0.181 e. The van der Waals surface area contributed by atoms with Crippen LogP contribution in [0.3, 0.4) is 0 Å². The number of ether oxygens (including phenoxy) is 2. The van der Waals surface area contributed by atoms with Gasteiger partial charge in [0.15, 0.2) is 6.29 Å². The largest absolute Gasteiger partial charge is 0.338 e. The van der Waals surface area contributed by atoms with E-state index in [0.717, 1.165) is 12.8 Å². The van der Waals surface area contributed by atoms with Crippen molar-refractivity contribution in [1.29, 1.82) is 0 Å². The van der Waals surface area contributed by atoms with Crippen LogP contribution in [-0.2, 0) is 9.47 Å². The molecular formula is C21H22O2. The van der Waals surface area contributed by atoms with Gasteiger partial charge in [-0.15, -0.1) is 0 Å². The standard InChI is InChI=1S/C21H22O2/c1-4-10-16(11-5-1)19-20(17-12-6-2-7-13-17)23-21(22-19)18-14-8-3-9-15-18/h1-2,4-7,10-14,19-21H,3,8-9,15H2/t19-,20-/m1/s1. The highest BCUT2D eigenvalue weighted by molar-refractivity contribution is 5.27. The minimum atomic E-state index is -0.203. The zero-order valence-electron chi connectivity index (χ0n) is 13.2. The second-order valence-electron chi connectivity index (χ2n) is 6.29. The summed E-state index contributed by atoms with van der Waals surface area (Å²) in [4.78, 5) is 0. The van der Waals surface area contributed by atoms with Crippen LogP contribution in [0.4, 0.5) is 0 Å². The maximum absolute atomic E-state index is 6.36. The van der Waals surface area contributed by atoms with Crippen molar-refractivity contribution < 1.29 is 9.47 Å². The first-order valence-corrected chi connectivity index (χ1v) is 8.51. The molecule has 23 heavy (non-hydrogen) atoms. The van der Waals surface area contributed by atoms with Gasteiger partial charge in [-0.3, -0.25) is 0 Å². The van der Waals surface area contributed by atoms with E-state index in [2.05, 4.69) is 54.6 Å². The van der Waals surface area contributed by atoms with Gasteiger partial charge in [-0.1, -0.05) is 66.7 Å². The lowest BCUT2D eigenvalue weighted by molar-refractivity contribution is -0.0409. The molecule has 2 nitrogen and oxygen atoms in total. The number of benzene rings is 2. The van der Waals surface area contributed by atoms with Crippen LogP contribution in [0.2, 0.25) is 0 Å². The Labute approximate surface area is 137 Å². The molecule has 2 aliphatic rings. The van der Waals surface area contributed by atoms with Crippen molar-refractivity contribution in [3.63, 3.8) is 0 Å². The minimum Gasteiger partial charge on any atom is -0.338 e. The molecule has 1 fully saturated rings. The third kappa shape index (κ3) is 3.10. The van der Waals surface area contributed by atoms with Crippen molar-refractivity contribution in [2.24, 2.45) is 0 Å². The monoisotopic (exact) mass is 306 g/mol. The van der Waals surface area contributed by atoms with Crippen molar-refractivity contribution >= 4 is 0 Å². The number of hydrogen-bond acceptors (Lipinski definition) is 2. The molecule has 0 unspecified atom stereocenters. The SMILES string of the molecule is C1=C(C2O[C@H](c3ccccc3)[C@@H](c3ccccc3)O2)CCCC1. The smallest absolute Gasteiger partial charge is 0.181 e. The molecule has 118 valence electrons. The average molecular weight is 306 g/mol. The Balaban J connectivity index is 1.65. The summed E-state index contributed by atoms with van der Waals surface area (Å²) in [6.07, 6.45) is 6.76. The van der Waals surface area contributed by atoms with Gasteiger partial charge in [0.25, 0.3) is 0 Å². The van der Waals surface area contributed by atoms with E-state index < -0.39 is 0 Å². The molecule has 2 aromatic carbocycles. The number of rotatable bonds is 3. The van der Waals surface area contributed by atoms with Gasteiger partial charge in [-0.05, 0) is 42.4 Å². The van der Waals surface area contributed by atoms with E-state index in [1.54, 1.807) is 0 Å². The second kappa shape index (κ2) is 6.69. The fourth-order valence-corrected chi connectivity index (χ4v) is 3.49. The van der Waals surface area contributed by atoms with Gasteiger partial charge in [0.2, 0.25) is 0 Å². The van der Waals surface area contributed by atoms with E-state index in [-0.39, 0.29) is 18.5 Å². The first kappa shape index (κ1) is 14.7. The van der Waals surface area contributed by atoms with Crippen molar-refractivity contribution in [1.82, 2.24) is 0 Å². The summed E-state index contributed by atoms with van der Waals surface area (Å²) in [6, 6.07) is 20.8. The van der Waals surface area contributed by atoms with Gasteiger partial charge < -0.3 is 9.47 Å². The van der Waals surface area contributed by atoms with E-state index in [0.29, 0.717) is 0 Å². The zero-order chi connectivity index (χ0) is 15.5. The lowest BCUT2D eigenvalue weighted by atomic mass is 9.99. The van der Waals surface area contributed by atoms with Crippen LogP contribution >= 0.6 is 0 Å². The predicted molar refractivity (Wildman–Crippen MR) is 90.9 cm³/mol. The normalized spacial score (nSPS) is 25.3. The fraction of sp³-hybridized carbons (Fsp3) is 0.333. The number of allylic oxidation sites excluding steroid dienone is 1. The van der Waals surface area contributed by atoms with E-state index in [1.165, 1.54) is 29.5 Å². The molecule has 0 spiro atoms. The molecule has 0 radical (unpaired) electrons. The molecule has 1 aliphatic carbocycles. The lowest BCUT2D eigenvalue weighted by Gasteiger charge is -2.18. The first-order valence-electron chi connectivity index (χ1n) is 8.51. The lowest BCUT2D eigenvalue weighted by Crippen LogP contribution is -2.14. The molecule has 0 saturated carbocycles. The molecule has 0 amide bonds. The first-order chi connectivity index (χ1) is 11.4. The van der Waals surface area contributed by atoms with Gasteiger partial charge in [-0.2, -0.15) is 0 Å². The van der Waals surface area contributed by atoms with Crippen LogP contribution < -0.4 is 0 Å². The summed E-state index contributed by atoms with van der Waals surface area (Å²) in [5.41, 5.74) is 3.68. The Kier molecular flexibility index (Phi) is 4.27. The van der Waals surface area contributed by atoms with Crippen LogP contribution in [0, 0.1) is 0 Å². The van der Waals surface area contributed by atoms with E-state index in [4.69, 9.17) is 9.47 Å². The summed E-state index contributed by atoms with van der Waals surface area (Å²) in [5, 5.41) is 0. The van der Waals surface area contributed by atoms with Crippen LogP contribution in [0.1, 0.15) is 49.0 Å². The fourth-order valence-electron chi connectivity index (χ4n) is 3.49. The van der Waals surface area contributed by atoms with Crippen LogP contribution in [-0.4, -0.2) is 6.29 Å². The topological polar surface area (TPSA) is 18.5 Å². The van der Waals surface area contributed by atoms with E-state index in [1.807, 2.05) is 12.1 Å². The molecule has 1 saturated heterocycles. The van der Waals surface area contributed by atoms with Crippen molar-refractivity contribution in [2.45, 2.75) is 44.2 Å². The second-order valence-corrected chi connectivity index (χ2v) is 6.29. The van der Waals surface area contributed by atoms with Gasteiger partial charge in [0.05, 0.1) is 0 Å². The third-order valence-corrected chi connectivity index (χ3v) is 4.70. The molecule has 0 N–H and O–H groups in total. The number of hydrogen-bond donors (Lipinski definition) is 0. The van der Waals surface area contributed by atoms with Crippen molar-refractivity contribution in [3.05, 3.63) is 83.4 Å². The van der Waals surface area contributed by atoms with Gasteiger partial charge in [-0.25, -0.2) is 0 Å². The quantitative estimate of drug-likeness (QED) is 0.712. The highest BCUT2D eigenvalue weighted by Gasteiger charge is 2.39. The average Bonchev–Trinajstić information content (AvgIpc) is 3.09. The highest BCUT2D eigenvalue weighted by atomic mass is 16.7. The molecule has 2 aromatic rings. The predicted octanol–water partition coefficient (Wildman–Crippen LogP) is 5.34. The molecule has 1 aliphatic heterocycles. The Hall–Kier alpha value is -1.90.